The van der Waals surface area contributed by atoms with E-state index in [2.05, 4.69) is 48.1 Å². The quantitative estimate of drug-likeness (QED) is 0.536. The summed E-state index contributed by atoms with van der Waals surface area (Å²) in [5.41, 5.74) is 2.45. The molecule has 0 saturated heterocycles. The van der Waals surface area contributed by atoms with Crippen LogP contribution in [-0.4, -0.2) is 19.4 Å². The number of aryl methyl sites for hydroxylation is 1. The lowest BCUT2D eigenvalue weighted by Gasteiger charge is -2.12. The maximum Gasteiger partial charge on any atom is 0.106 e. The molecule has 3 heteroatoms. The van der Waals surface area contributed by atoms with Crippen LogP contribution >= 0.6 is 0 Å². The first-order valence-electron chi connectivity index (χ1n) is 6.00. The molecule has 17 heavy (non-hydrogen) atoms. The molecule has 1 aromatic rings. The van der Waals surface area contributed by atoms with Gasteiger partial charge in [-0.15, -0.1) is 0 Å². The molecular weight excluding hydrogens is 214 g/mol. The number of nitrogens with zero attached hydrogens (tertiary/aromatic N) is 1. The molecule has 0 aliphatic heterocycles. The van der Waals surface area contributed by atoms with Crippen LogP contribution in [0.4, 0.5) is 0 Å². The largest absolute Gasteiger partial charge is 0.399 e. The minimum absolute atomic E-state index is 0.0289. The molecule has 0 aliphatic rings. The van der Waals surface area contributed by atoms with Crippen molar-refractivity contribution in [1.29, 1.82) is 0 Å². The van der Waals surface area contributed by atoms with Gasteiger partial charge in [0.1, 0.15) is 7.11 Å². The van der Waals surface area contributed by atoms with Crippen LogP contribution in [-0.2, 0) is 16.2 Å². The Morgan fingerprint density at radius 2 is 2.00 bits per heavy atom. The Morgan fingerprint density at radius 1 is 1.29 bits per heavy atom. The minimum atomic E-state index is 0.0289. The molecule has 0 amide bonds. The van der Waals surface area contributed by atoms with Crippen LogP contribution in [0.25, 0.3) is 0 Å². The first kappa shape index (κ1) is 13.7. The molecule has 0 radical (unpaired) electrons. The van der Waals surface area contributed by atoms with Crippen LogP contribution in [0.2, 0.25) is 0 Å². The monoisotopic (exact) mass is 235 g/mol. The Bertz CT molecular complexity index is 333. The van der Waals surface area contributed by atoms with Crippen LogP contribution in [0.15, 0.2) is 29.4 Å². The van der Waals surface area contributed by atoms with Gasteiger partial charge < -0.3 is 9.57 Å². The second-order valence-electron chi connectivity index (χ2n) is 4.06. The van der Waals surface area contributed by atoms with Gasteiger partial charge in [-0.05, 0) is 18.9 Å². The zero-order chi connectivity index (χ0) is 12.5. The molecule has 0 N–H and O–H groups in total. The molecule has 0 aromatic heterocycles. The summed E-state index contributed by atoms with van der Waals surface area (Å²) in [5.74, 6) is 0. The first-order chi connectivity index (χ1) is 8.26. The molecule has 3 nitrogen and oxygen atoms in total. The van der Waals surface area contributed by atoms with E-state index in [4.69, 9.17) is 4.74 Å². The number of rotatable bonds is 7. The van der Waals surface area contributed by atoms with Crippen molar-refractivity contribution >= 4 is 6.21 Å². The van der Waals surface area contributed by atoms with Crippen molar-refractivity contribution in [2.45, 2.75) is 39.4 Å². The fourth-order valence-corrected chi connectivity index (χ4v) is 1.50. The van der Waals surface area contributed by atoms with Crippen molar-refractivity contribution in [3.8, 4) is 0 Å². The Labute approximate surface area is 103 Å². The zero-order valence-corrected chi connectivity index (χ0v) is 10.8. The summed E-state index contributed by atoms with van der Waals surface area (Å²) in [4.78, 5) is 4.68. The number of hydrogen-bond acceptors (Lipinski definition) is 3. The molecule has 0 bridgehead atoms. The van der Waals surface area contributed by atoms with Crippen LogP contribution in [0.5, 0.6) is 0 Å². The number of hydrogen-bond donors (Lipinski definition) is 0. The van der Waals surface area contributed by atoms with Crippen LogP contribution < -0.4 is 0 Å². The van der Waals surface area contributed by atoms with Crippen molar-refractivity contribution in [3.63, 3.8) is 0 Å². The second kappa shape index (κ2) is 7.85. The van der Waals surface area contributed by atoms with Gasteiger partial charge in [0.25, 0.3) is 0 Å². The molecule has 1 aromatic carbocycles. The average molecular weight is 235 g/mol. The van der Waals surface area contributed by atoms with Gasteiger partial charge in [-0.25, -0.2) is 0 Å². The minimum Gasteiger partial charge on any atom is -0.399 e. The predicted molar refractivity (Wildman–Crippen MR) is 70.2 cm³/mol. The lowest BCUT2D eigenvalue weighted by atomic mass is 10.1. The molecule has 94 valence electrons. The number of ether oxygens (including phenoxy) is 1. The van der Waals surface area contributed by atoms with Crippen molar-refractivity contribution < 1.29 is 9.57 Å². The van der Waals surface area contributed by atoms with Gasteiger partial charge in [0.15, 0.2) is 0 Å². The van der Waals surface area contributed by atoms with Crippen molar-refractivity contribution in [1.82, 2.24) is 0 Å². The van der Waals surface area contributed by atoms with Gasteiger partial charge in [0.05, 0.1) is 18.9 Å². The van der Waals surface area contributed by atoms with Gasteiger partial charge >= 0.3 is 0 Å². The van der Waals surface area contributed by atoms with E-state index in [1.807, 2.05) is 0 Å². The van der Waals surface area contributed by atoms with E-state index in [9.17, 15) is 0 Å². The third kappa shape index (κ3) is 5.50. The first-order valence-corrected chi connectivity index (χ1v) is 6.00. The van der Waals surface area contributed by atoms with Crippen LogP contribution in [0.1, 0.15) is 30.9 Å². The molecule has 0 heterocycles. The zero-order valence-electron chi connectivity index (χ0n) is 10.8. The Morgan fingerprint density at radius 3 is 2.59 bits per heavy atom. The highest BCUT2D eigenvalue weighted by atomic mass is 16.6. The fraction of sp³-hybridized carbons (Fsp3) is 0.500. The lowest BCUT2D eigenvalue weighted by molar-refractivity contribution is 0.0782. The fourth-order valence-electron chi connectivity index (χ4n) is 1.50. The third-order valence-corrected chi connectivity index (χ3v) is 2.49. The summed E-state index contributed by atoms with van der Waals surface area (Å²) >= 11 is 0. The maximum absolute atomic E-state index is 5.78. The van der Waals surface area contributed by atoms with Gasteiger partial charge in [-0.3, -0.25) is 0 Å². The summed E-state index contributed by atoms with van der Waals surface area (Å²) in [5, 5.41) is 3.77. The summed E-state index contributed by atoms with van der Waals surface area (Å²) in [6, 6.07) is 8.37. The maximum atomic E-state index is 5.78. The highest BCUT2D eigenvalue weighted by Gasteiger charge is 2.05. The highest BCUT2D eigenvalue weighted by molar-refractivity contribution is 5.62. The number of oxime groups is 1. The summed E-state index contributed by atoms with van der Waals surface area (Å²) in [6.45, 7) is 4.82. The van der Waals surface area contributed by atoms with E-state index in [1.165, 1.54) is 11.1 Å². The standard InChI is InChI=1S/C14H21NO2/c1-4-5-14(10-15-16-3)17-11-13-8-6-12(2)7-9-13/h6-10,14H,4-5,11H2,1-3H3. The summed E-state index contributed by atoms with van der Waals surface area (Å²) < 4.78 is 5.78. The molecular formula is C14H21NO2. The van der Waals surface area contributed by atoms with E-state index in [-0.39, 0.29) is 6.10 Å². The van der Waals surface area contributed by atoms with Crippen LogP contribution in [0, 0.1) is 6.92 Å². The van der Waals surface area contributed by atoms with Gasteiger partial charge in [-0.1, -0.05) is 48.3 Å². The Hall–Kier alpha value is -1.35. The lowest BCUT2D eigenvalue weighted by Crippen LogP contribution is -2.14. The van der Waals surface area contributed by atoms with Crippen molar-refractivity contribution in [2.24, 2.45) is 5.16 Å². The third-order valence-electron chi connectivity index (χ3n) is 2.49. The molecule has 1 rings (SSSR count). The van der Waals surface area contributed by atoms with Crippen molar-refractivity contribution in [3.05, 3.63) is 35.4 Å². The molecule has 0 fully saturated rings. The Balaban J connectivity index is 2.45. The smallest absolute Gasteiger partial charge is 0.106 e. The SMILES string of the molecule is CCCC(C=NOC)OCc1ccc(C)cc1. The molecule has 1 unspecified atom stereocenters. The van der Waals surface area contributed by atoms with E-state index < -0.39 is 0 Å². The van der Waals surface area contributed by atoms with Gasteiger partial charge in [-0.2, -0.15) is 0 Å². The van der Waals surface area contributed by atoms with Crippen LogP contribution in [0.3, 0.4) is 0 Å². The van der Waals surface area contributed by atoms with Gasteiger partial charge in [0.2, 0.25) is 0 Å². The van der Waals surface area contributed by atoms with E-state index >= 15 is 0 Å². The highest BCUT2D eigenvalue weighted by Crippen LogP contribution is 2.08. The predicted octanol–water partition coefficient (Wildman–Crippen LogP) is 3.31. The molecule has 1 atom stereocenters. The molecule has 0 saturated carbocycles. The Kier molecular flexibility index (Phi) is 6.33. The van der Waals surface area contributed by atoms with E-state index in [1.54, 1.807) is 13.3 Å². The van der Waals surface area contributed by atoms with Gasteiger partial charge in [0, 0.05) is 0 Å². The summed E-state index contributed by atoms with van der Waals surface area (Å²) in [6.07, 6.45) is 3.77. The van der Waals surface area contributed by atoms with E-state index in [0.29, 0.717) is 6.61 Å². The second-order valence-corrected chi connectivity index (χ2v) is 4.06. The van der Waals surface area contributed by atoms with Crippen molar-refractivity contribution in [2.75, 3.05) is 7.11 Å². The topological polar surface area (TPSA) is 30.8 Å². The summed E-state index contributed by atoms with van der Waals surface area (Å²) in [7, 11) is 1.54. The normalized spacial score (nSPS) is 12.9. The molecule has 0 spiro atoms. The van der Waals surface area contributed by atoms with E-state index in [0.717, 1.165) is 12.8 Å². The number of benzene rings is 1. The molecule has 0 aliphatic carbocycles. The average Bonchev–Trinajstić information content (AvgIpc) is 2.35.